The zero-order valence-corrected chi connectivity index (χ0v) is 14.8. The Labute approximate surface area is 150 Å². The van der Waals surface area contributed by atoms with Crippen LogP contribution in [0.4, 0.5) is 0 Å². The Morgan fingerprint density at radius 2 is 1.72 bits per heavy atom. The number of aliphatic carboxylic acids is 1. The molecule has 3 nitrogen and oxygen atoms in total. The molecule has 0 radical (unpaired) electrons. The molecule has 0 aliphatic heterocycles. The monoisotopic (exact) mass is 338 g/mol. The third-order valence-corrected chi connectivity index (χ3v) is 4.12. The molecule has 1 aliphatic carbocycles. The lowest BCUT2D eigenvalue weighted by Crippen LogP contribution is -1.97. The second-order valence-corrected chi connectivity index (χ2v) is 6.15. The zero-order chi connectivity index (χ0) is 17.9. The van der Waals surface area contributed by atoms with Crippen molar-refractivity contribution < 1.29 is 14.6 Å². The molecule has 0 saturated carbocycles. The van der Waals surface area contributed by atoms with Gasteiger partial charge < -0.3 is 9.84 Å². The number of hydrogen-bond donors (Lipinski definition) is 1. The standard InChI is InChI=1S/C22H26O3/c1-2-3-4-5-6-7-17-25-21-15-13-19(14-16-21)18-9-8-10-20(12-11-18)22(23)24/h9-16H,2-7,17H2,1H3,(H,23,24). The van der Waals surface area contributed by atoms with Gasteiger partial charge in [-0.05, 0) is 47.9 Å². The Morgan fingerprint density at radius 3 is 2.44 bits per heavy atom. The van der Waals surface area contributed by atoms with E-state index in [-0.39, 0.29) is 5.57 Å². The molecular formula is C22H26O3. The third-order valence-electron chi connectivity index (χ3n) is 4.12. The van der Waals surface area contributed by atoms with Gasteiger partial charge in [0.2, 0.25) is 0 Å². The van der Waals surface area contributed by atoms with Gasteiger partial charge in [0.05, 0.1) is 12.2 Å². The van der Waals surface area contributed by atoms with Gasteiger partial charge in [-0.25, -0.2) is 4.79 Å². The molecule has 0 fully saturated rings. The fourth-order valence-corrected chi connectivity index (χ4v) is 2.63. The van der Waals surface area contributed by atoms with Crippen molar-refractivity contribution in [2.45, 2.75) is 45.4 Å². The smallest absolute Gasteiger partial charge is 0.336 e. The maximum absolute atomic E-state index is 11.0. The van der Waals surface area contributed by atoms with Crippen molar-refractivity contribution in [3.05, 3.63) is 65.4 Å². The highest BCUT2D eigenvalue weighted by Gasteiger charge is 2.05. The summed E-state index contributed by atoms with van der Waals surface area (Å²) in [5.74, 6) is -0.0790. The molecule has 132 valence electrons. The van der Waals surface area contributed by atoms with Crippen LogP contribution >= 0.6 is 0 Å². The molecule has 1 aliphatic rings. The second kappa shape index (κ2) is 10.4. The fraction of sp³-hybridized carbons (Fsp3) is 0.364. The van der Waals surface area contributed by atoms with Gasteiger partial charge in [-0.3, -0.25) is 0 Å². The highest BCUT2D eigenvalue weighted by Crippen LogP contribution is 2.21. The van der Waals surface area contributed by atoms with Crippen molar-refractivity contribution in [3.8, 4) is 5.75 Å². The van der Waals surface area contributed by atoms with Crippen LogP contribution in [0.2, 0.25) is 0 Å². The normalized spacial score (nSPS) is 13.2. The van der Waals surface area contributed by atoms with Gasteiger partial charge in [0.1, 0.15) is 5.75 Å². The van der Waals surface area contributed by atoms with E-state index in [2.05, 4.69) is 12.7 Å². The molecule has 1 aromatic carbocycles. The predicted molar refractivity (Wildman–Crippen MR) is 102 cm³/mol. The van der Waals surface area contributed by atoms with E-state index >= 15 is 0 Å². The van der Waals surface area contributed by atoms with E-state index in [0.717, 1.165) is 29.9 Å². The summed E-state index contributed by atoms with van der Waals surface area (Å²) in [5, 5.41) is 9.02. The molecule has 0 bridgehead atoms. The van der Waals surface area contributed by atoms with Crippen LogP contribution in [-0.4, -0.2) is 17.7 Å². The van der Waals surface area contributed by atoms with E-state index in [1.165, 1.54) is 38.2 Å². The topological polar surface area (TPSA) is 46.5 Å². The summed E-state index contributed by atoms with van der Waals surface area (Å²) in [6, 6.07) is 7.88. The summed E-state index contributed by atoms with van der Waals surface area (Å²) in [5.41, 5.74) is 5.07. The van der Waals surface area contributed by atoms with Crippen LogP contribution in [0.15, 0.2) is 59.9 Å². The molecule has 0 unspecified atom stereocenters. The Kier molecular flexibility index (Phi) is 7.81. The van der Waals surface area contributed by atoms with Crippen molar-refractivity contribution in [1.82, 2.24) is 0 Å². The van der Waals surface area contributed by atoms with Crippen molar-refractivity contribution in [3.63, 3.8) is 0 Å². The molecule has 25 heavy (non-hydrogen) atoms. The number of ether oxygens (including phenoxy) is 1. The maximum atomic E-state index is 11.0. The lowest BCUT2D eigenvalue weighted by Gasteiger charge is -2.07. The summed E-state index contributed by atoms with van der Waals surface area (Å²) < 4.78 is 5.79. The van der Waals surface area contributed by atoms with Crippen molar-refractivity contribution in [1.29, 1.82) is 0 Å². The first-order chi connectivity index (χ1) is 12.2. The van der Waals surface area contributed by atoms with E-state index in [1.807, 2.05) is 24.3 Å². The predicted octanol–water partition coefficient (Wildman–Crippen LogP) is 5.55. The lowest BCUT2D eigenvalue weighted by atomic mass is 10.1. The summed E-state index contributed by atoms with van der Waals surface area (Å²) in [7, 11) is 0. The van der Waals surface area contributed by atoms with E-state index in [0.29, 0.717) is 0 Å². The first-order valence-electron chi connectivity index (χ1n) is 9.01. The zero-order valence-electron chi connectivity index (χ0n) is 14.8. The van der Waals surface area contributed by atoms with Crippen LogP contribution in [0.1, 0.15) is 51.0 Å². The van der Waals surface area contributed by atoms with Crippen molar-refractivity contribution in [2.75, 3.05) is 6.61 Å². The van der Waals surface area contributed by atoms with Crippen LogP contribution in [0.5, 0.6) is 5.75 Å². The largest absolute Gasteiger partial charge is 0.494 e. The van der Waals surface area contributed by atoms with E-state index in [9.17, 15) is 4.79 Å². The van der Waals surface area contributed by atoms with E-state index in [4.69, 9.17) is 9.84 Å². The summed E-state index contributed by atoms with van der Waals surface area (Å²) in [6.07, 6.45) is 14.2. The lowest BCUT2D eigenvalue weighted by molar-refractivity contribution is -0.132. The number of benzene rings is 1. The van der Waals surface area contributed by atoms with Gasteiger partial charge in [0.15, 0.2) is 0 Å². The Morgan fingerprint density at radius 1 is 1.00 bits per heavy atom. The van der Waals surface area contributed by atoms with Crippen molar-refractivity contribution >= 4 is 11.5 Å². The van der Waals surface area contributed by atoms with Crippen LogP contribution < -0.4 is 4.74 Å². The van der Waals surface area contributed by atoms with E-state index in [1.54, 1.807) is 18.2 Å². The van der Waals surface area contributed by atoms with Crippen LogP contribution in [0, 0.1) is 0 Å². The van der Waals surface area contributed by atoms with Gasteiger partial charge >= 0.3 is 5.97 Å². The SMILES string of the molecule is CCCCCCCCOc1ccc(C2=CC=C(C(=O)O)C=C=C2)cc1. The minimum Gasteiger partial charge on any atom is -0.494 e. The van der Waals surface area contributed by atoms with Gasteiger partial charge in [0, 0.05) is 0 Å². The van der Waals surface area contributed by atoms with Crippen LogP contribution in [0.3, 0.4) is 0 Å². The van der Waals surface area contributed by atoms with Gasteiger partial charge in [-0.1, -0.05) is 57.2 Å². The highest BCUT2D eigenvalue weighted by atomic mass is 16.5. The molecule has 1 N–H and O–H groups in total. The average Bonchev–Trinajstić information content (AvgIpc) is 2.88. The summed E-state index contributed by atoms with van der Waals surface area (Å²) in [6.45, 7) is 2.98. The summed E-state index contributed by atoms with van der Waals surface area (Å²) in [4.78, 5) is 11.0. The number of carboxylic acids is 1. The number of carboxylic acid groups (broad SMARTS) is 1. The first-order valence-corrected chi connectivity index (χ1v) is 9.01. The van der Waals surface area contributed by atoms with Gasteiger partial charge in [0.25, 0.3) is 0 Å². The highest BCUT2D eigenvalue weighted by molar-refractivity contribution is 5.91. The average molecular weight is 338 g/mol. The molecule has 0 heterocycles. The second-order valence-electron chi connectivity index (χ2n) is 6.15. The van der Waals surface area contributed by atoms with Crippen molar-refractivity contribution in [2.24, 2.45) is 0 Å². The molecule has 1 aromatic rings. The Balaban J connectivity index is 1.84. The first kappa shape index (κ1) is 18.8. The quantitative estimate of drug-likeness (QED) is 0.450. The number of carbonyl (C=O) groups is 1. The molecule has 3 heteroatoms. The molecule has 2 rings (SSSR count). The molecule has 0 atom stereocenters. The van der Waals surface area contributed by atoms with Gasteiger partial charge in [-0.2, -0.15) is 0 Å². The number of unbranched alkanes of at least 4 members (excludes halogenated alkanes) is 5. The Bertz CT molecular complexity index is 686. The number of allylic oxidation sites excluding steroid dienone is 3. The van der Waals surface area contributed by atoms with E-state index < -0.39 is 5.97 Å². The van der Waals surface area contributed by atoms with Crippen LogP contribution in [-0.2, 0) is 4.79 Å². The molecular weight excluding hydrogens is 312 g/mol. The van der Waals surface area contributed by atoms with Crippen LogP contribution in [0.25, 0.3) is 5.57 Å². The minimum absolute atomic E-state index is 0.227. The number of hydrogen-bond acceptors (Lipinski definition) is 2. The maximum Gasteiger partial charge on any atom is 0.336 e. The molecule has 0 aromatic heterocycles. The van der Waals surface area contributed by atoms with Gasteiger partial charge in [-0.15, -0.1) is 5.73 Å². The molecule has 0 amide bonds. The number of rotatable bonds is 10. The third kappa shape index (κ3) is 6.48. The summed E-state index contributed by atoms with van der Waals surface area (Å²) >= 11 is 0. The molecule has 0 spiro atoms. The molecule has 0 saturated heterocycles. The minimum atomic E-state index is -0.947. The fourth-order valence-electron chi connectivity index (χ4n) is 2.63. The Hall–Kier alpha value is -2.51.